The van der Waals surface area contributed by atoms with E-state index in [1.165, 1.54) is 0 Å². The molecule has 0 bridgehead atoms. The topological polar surface area (TPSA) is 90.1 Å². The number of likely N-dealkylation sites (tertiary alicyclic amines) is 1. The first-order chi connectivity index (χ1) is 9.15. The van der Waals surface area contributed by atoms with Gasteiger partial charge < -0.3 is 15.2 Å². The molecule has 102 valence electrons. The summed E-state index contributed by atoms with van der Waals surface area (Å²) in [7, 11) is 1.75. The normalized spacial score (nSPS) is 26.4. The van der Waals surface area contributed by atoms with Crippen LogP contribution in [0.25, 0.3) is 0 Å². The minimum atomic E-state index is -0.375. The lowest BCUT2D eigenvalue weighted by molar-refractivity contribution is -0.132. The van der Waals surface area contributed by atoms with Crippen LogP contribution < -0.4 is 10.6 Å². The number of H-pyrrole nitrogens is 1. The summed E-state index contributed by atoms with van der Waals surface area (Å²) in [6.07, 6.45) is 2.88. The predicted octanol–water partition coefficient (Wildman–Crippen LogP) is -1.23. The average molecular weight is 263 g/mol. The zero-order valence-electron chi connectivity index (χ0n) is 10.8. The van der Waals surface area contributed by atoms with Crippen LogP contribution in [0.1, 0.15) is 17.8 Å². The van der Waals surface area contributed by atoms with Crippen molar-refractivity contribution in [3.05, 3.63) is 17.7 Å². The number of nitrogens with zero attached hydrogens (tertiary/aromatic N) is 2. The number of hydrogen-bond acceptors (Lipinski definition) is 4. The number of fused-ring (bicyclic) bond motifs is 1. The zero-order valence-corrected chi connectivity index (χ0v) is 10.8. The number of imidazole rings is 1. The summed E-state index contributed by atoms with van der Waals surface area (Å²) in [5.74, 6) is -0.132. The van der Waals surface area contributed by atoms with E-state index >= 15 is 0 Å². The summed E-state index contributed by atoms with van der Waals surface area (Å²) in [4.78, 5) is 32.8. The highest BCUT2D eigenvalue weighted by Gasteiger charge is 2.33. The van der Waals surface area contributed by atoms with E-state index in [9.17, 15) is 9.59 Å². The summed E-state index contributed by atoms with van der Waals surface area (Å²) in [5, 5.41) is 5.97. The van der Waals surface area contributed by atoms with Crippen LogP contribution >= 0.6 is 0 Å². The Bertz CT molecular complexity index is 512. The fraction of sp³-hybridized carbons (Fsp3) is 0.583. The molecule has 0 radical (unpaired) electrons. The van der Waals surface area contributed by atoms with Crippen molar-refractivity contribution in [1.82, 2.24) is 25.5 Å². The van der Waals surface area contributed by atoms with Crippen molar-refractivity contribution in [2.45, 2.75) is 31.5 Å². The molecule has 0 saturated carbocycles. The van der Waals surface area contributed by atoms with Crippen LogP contribution in [0.3, 0.4) is 0 Å². The van der Waals surface area contributed by atoms with Gasteiger partial charge in [-0.2, -0.15) is 0 Å². The second-order valence-corrected chi connectivity index (χ2v) is 5.08. The number of amides is 2. The van der Waals surface area contributed by atoms with Crippen molar-refractivity contribution < 1.29 is 9.59 Å². The van der Waals surface area contributed by atoms with Gasteiger partial charge in [-0.1, -0.05) is 0 Å². The van der Waals surface area contributed by atoms with E-state index in [1.807, 2.05) is 0 Å². The van der Waals surface area contributed by atoms with E-state index in [0.717, 1.165) is 11.4 Å². The molecule has 0 aromatic carbocycles. The summed E-state index contributed by atoms with van der Waals surface area (Å²) >= 11 is 0. The van der Waals surface area contributed by atoms with Gasteiger partial charge in [-0.3, -0.25) is 14.9 Å². The maximum Gasteiger partial charge on any atom is 0.244 e. The molecule has 2 aliphatic rings. The van der Waals surface area contributed by atoms with E-state index < -0.39 is 0 Å². The number of carbonyl (C=O) groups is 2. The SMILES string of the molecule is CN1CCC(NC(=O)C2Cc3nc[nH]c3CN2)C1=O. The van der Waals surface area contributed by atoms with Gasteiger partial charge in [0.2, 0.25) is 11.8 Å². The number of carbonyl (C=O) groups excluding carboxylic acids is 2. The Morgan fingerprint density at radius 2 is 2.42 bits per heavy atom. The Morgan fingerprint density at radius 1 is 1.58 bits per heavy atom. The molecule has 3 N–H and O–H groups in total. The summed E-state index contributed by atoms with van der Waals surface area (Å²) in [6, 6.07) is -0.686. The van der Waals surface area contributed by atoms with Crippen molar-refractivity contribution in [1.29, 1.82) is 0 Å². The molecule has 1 fully saturated rings. The molecule has 1 aromatic rings. The lowest BCUT2D eigenvalue weighted by Gasteiger charge is -2.23. The predicted molar refractivity (Wildman–Crippen MR) is 67.1 cm³/mol. The molecular formula is C12H17N5O2. The lowest BCUT2D eigenvalue weighted by atomic mass is 10.0. The number of aromatic nitrogens is 2. The van der Waals surface area contributed by atoms with Crippen molar-refractivity contribution in [3.63, 3.8) is 0 Å². The van der Waals surface area contributed by atoms with Crippen LogP contribution in [0.4, 0.5) is 0 Å². The Morgan fingerprint density at radius 3 is 3.16 bits per heavy atom. The summed E-state index contributed by atoms with van der Waals surface area (Å²) < 4.78 is 0. The van der Waals surface area contributed by atoms with Crippen LogP contribution in [0.2, 0.25) is 0 Å². The molecule has 0 spiro atoms. The molecule has 3 heterocycles. The van der Waals surface area contributed by atoms with Gasteiger partial charge in [-0.25, -0.2) is 4.98 Å². The molecule has 2 unspecified atom stereocenters. The van der Waals surface area contributed by atoms with Crippen LogP contribution in [0.5, 0.6) is 0 Å². The molecule has 1 saturated heterocycles. The highest BCUT2D eigenvalue weighted by atomic mass is 16.2. The van der Waals surface area contributed by atoms with Gasteiger partial charge in [0, 0.05) is 26.6 Å². The summed E-state index contributed by atoms with van der Waals surface area (Å²) in [6.45, 7) is 1.30. The number of rotatable bonds is 2. The largest absolute Gasteiger partial charge is 0.347 e. The number of aromatic amines is 1. The van der Waals surface area contributed by atoms with E-state index in [-0.39, 0.29) is 23.9 Å². The molecule has 7 nitrogen and oxygen atoms in total. The molecule has 0 aliphatic carbocycles. The molecule has 1 aromatic heterocycles. The van der Waals surface area contributed by atoms with Gasteiger partial charge in [0.05, 0.1) is 23.8 Å². The molecule has 19 heavy (non-hydrogen) atoms. The standard InChI is InChI=1S/C12H17N5O2/c1-17-3-2-7(12(17)19)16-11(18)9-4-8-10(5-13-9)15-6-14-8/h6-7,9,13H,2-5H2,1H3,(H,14,15)(H,16,18). The molecule has 3 rings (SSSR count). The second kappa shape index (κ2) is 4.65. The van der Waals surface area contributed by atoms with Gasteiger partial charge in [-0.05, 0) is 6.42 Å². The van der Waals surface area contributed by atoms with Crippen LogP contribution in [-0.4, -0.2) is 52.4 Å². The van der Waals surface area contributed by atoms with E-state index in [4.69, 9.17) is 0 Å². The first-order valence-corrected chi connectivity index (χ1v) is 6.45. The fourth-order valence-electron chi connectivity index (χ4n) is 2.58. The minimum Gasteiger partial charge on any atom is -0.347 e. The van der Waals surface area contributed by atoms with Crippen LogP contribution in [-0.2, 0) is 22.6 Å². The van der Waals surface area contributed by atoms with Gasteiger partial charge in [0.25, 0.3) is 0 Å². The van der Waals surface area contributed by atoms with Crippen LogP contribution in [0.15, 0.2) is 6.33 Å². The Balaban J connectivity index is 1.61. The van der Waals surface area contributed by atoms with Crippen molar-refractivity contribution in [2.75, 3.05) is 13.6 Å². The number of likely N-dealkylation sites (N-methyl/N-ethyl adjacent to an activating group) is 1. The molecule has 2 amide bonds. The first-order valence-electron chi connectivity index (χ1n) is 6.45. The van der Waals surface area contributed by atoms with Crippen molar-refractivity contribution in [3.8, 4) is 0 Å². The molecule has 7 heteroatoms. The van der Waals surface area contributed by atoms with Gasteiger partial charge in [0.15, 0.2) is 0 Å². The fourth-order valence-corrected chi connectivity index (χ4v) is 2.58. The maximum absolute atomic E-state index is 12.2. The van der Waals surface area contributed by atoms with E-state index in [1.54, 1.807) is 18.3 Å². The Hall–Kier alpha value is -1.89. The van der Waals surface area contributed by atoms with Crippen molar-refractivity contribution >= 4 is 11.8 Å². The molecule has 2 aliphatic heterocycles. The third-order valence-electron chi connectivity index (χ3n) is 3.79. The molecule has 2 atom stereocenters. The Kier molecular flexibility index (Phi) is 2.98. The smallest absolute Gasteiger partial charge is 0.244 e. The zero-order chi connectivity index (χ0) is 13.4. The van der Waals surface area contributed by atoms with Crippen LogP contribution in [0, 0.1) is 0 Å². The minimum absolute atomic E-state index is 0.00961. The maximum atomic E-state index is 12.2. The second-order valence-electron chi connectivity index (χ2n) is 5.08. The summed E-state index contributed by atoms with van der Waals surface area (Å²) in [5.41, 5.74) is 1.95. The Labute approximate surface area is 110 Å². The third-order valence-corrected chi connectivity index (χ3v) is 3.79. The number of hydrogen-bond donors (Lipinski definition) is 3. The quantitative estimate of drug-likeness (QED) is 0.623. The van der Waals surface area contributed by atoms with E-state index in [2.05, 4.69) is 20.6 Å². The van der Waals surface area contributed by atoms with Gasteiger partial charge in [0.1, 0.15) is 6.04 Å². The lowest BCUT2D eigenvalue weighted by Crippen LogP contribution is -2.52. The third kappa shape index (κ3) is 2.21. The van der Waals surface area contributed by atoms with E-state index in [0.29, 0.717) is 25.9 Å². The highest BCUT2D eigenvalue weighted by molar-refractivity contribution is 5.91. The number of nitrogens with one attached hydrogen (secondary N) is 3. The molecular weight excluding hydrogens is 246 g/mol. The van der Waals surface area contributed by atoms with Gasteiger partial charge >= 0.3 is 0 Å². The first kappa shape index (κ1) is 12.2. The average Bonchev–Trinajstić information content (AvgIpc) is 2.99. The monoisotopic (exact) mass is 263 g/mol. The van der Waals surface area contributed by atoms with Gasteiger partial charge in [-0.15, -0.1) is 0 Å². The van der Waals surface area contributed by atoms with Crippen molar-refractivity contribution in [2.24, 2.45) is 0 Å². The highest BCUT2D eigenvalue weighted by Crippen LogP contribution is 2.13.